The van der Waals surface area contributed by atoms with Crippen LogP contribution in [0.25, 0.3) is 11.1 Å². The first-order valence-electron chi connectivity index (χ1n) is 4.82. The highest BCUT2D eigenvalue weighted by molar-refractivity contribution is 5.66. The number of nitrogens with zero attached hydrogens (tertiary/aromatic N) is 1. The minimum atomic E-state index is -0.399. The number of H-pyrrole nitrogens is 1. The van der Waals surface area contributed by atoms with Gasteiger partial charge in [0.2, 0.25) is 0 Å². The summed E-state index contributed by atoms with van der Waals surface area (Å²) >= 11 is 0. The Morgan fingerprint density at radius 3 is 2.94 bits per heavy atom. The average molecular weight is 221 g/mol. The number of nitrogens with one attached hydrogen (secondary N) is 1. The van der Waals surface area contributed by atoms with Crippen LogP contribution in [-0.4, -0.2) is 17.3 Å². The predicted octanol–water partition coefficient (Wildman–Crippen LogP) is 1.68. The molecular weight excluding hydrogens is 209 g/mol. The molecule has 1 aromatic carbocycles. The minimum Gasteiger partial charge on any atom is -0.494 e. The Morgan fingerprint density at radius 1 is 1.50 bits per heavy atom. The number of halogens is 1. The number of methoxy groups -OCH3 is 1. The number of rotatable bonds is 3. The van der Waals surface area contributed by atoms with Crippen LogP contribution >= 0.6 is 0 Å². The Balaban J connectivity index is 2.45. The largest absolute Gasteiger partial charge is 0.494 e. The summed E-state index contributed by atoms with van der Waals surface area (Å²) in [6, 6.07) is 4.76. The van der Waals surface area contributed by atoms with Crippen molar-refractivity contribution in [3.63, 3.8) is 0 Å². The van der Waals surface area contributed by atoms with Crippen LogP contribution in [0.15, 0.2) is 24.4 Å². The molecule has 0 saturated carbocycles. The monoisotopic (exact) mass is 221 g/mol. The molecule has 3 N–H and O–H groups in total. The highest BCUT2D eigenvalue weighted by atomic mass is 19.1. The lowest BCUT2D eigenvalue weighted by Crippen LogP contribution is -1.98. The topological polar surface area (TPSA) is 63.9 Å². The van der Waals surface area contributed by atoms with E-state index in [0.717, 1.165) is 16.8 Å². The molecule has 0 atom stereocenters. The second kappa shape index (κ2) is 4.32. The molecule has 2 rings (SSSR count). The molecule has 0 saturated heterocycles. The van der Waals surface area contributed by atoms with Gasteiger partial charge in [0.05, 0.1) is 19.0 Å². The van der Waals surface area contributed by atoms with Crippen LogP contribution in [0.2, 0.25) is 0 Å². The maximum atomic E-state index is 13.5. The number of aromatic amines is 1. The number of nitrogens with two attached hydrogens (primary N) is 1. The molecular formula is C11H12FN3O. The van der Waals surface area contributed by atoms with Gasteiger partial charge in [-0.05, 0) is 17.7 Å². The van der Waals surface area contributed by atoms with Gasteiger partial charge in [-0.1, -0.05) is 6.07 Å². The van der Waals surface area contributed by atoms with Crippen molar-refractivity contribution in [1.82, 2.24) is 10.2 Å². The van der Waals surface area contributed by atoms with Gasteiger partial charge >= 0.3 is 0 Å². The molecule has 5 heteroatoms. The molecule has 0 aliphatic rings. The number of aromatic nitrogens is 2. The molecule has 0 unspecified atom stereocenters. The molecule has 1 aromatic heterocycles. The van der Waals surface area contributed by atoms with Gasteiger partial charge < -0.3 is 10.5 Å². The van der Waals surface area contributed by atoms with Crippen molar-refractivity contribution in [3.8, 4) is 16.9 Å². The van der Waals surface area contributed by atoms with E-state index in [4.69, 9.17) is 10.5 Å². The van der Waals surface area contributed by atoms with Crippen molar-refractivity contribution >= 4 is 0 Å². The zero-order chi connectivity index (χ0) is 11.5. The van der Waals surface area contributed by atoms with E-state index in [1.165, 1.54) is 13.2 Å². The Morgan fingerprint density at radius 2 is 2.31 bits per heavy atom. The highest BCUT2D eigenvalue weighted by Gasteiger charge is 2.09. The highest BCUT2D eigenvalue weighted by Crippen LogP contribution is 2.26. The first-order chi connectivity index (χ1) is 7.76. The van der Waals surface area contributed by atoms with Gasteiger partial charge in [-0.2, -0.15) is 5.10 Å². The zero-order valence-corrected chi connectivity index (χ0v) is 8.83. The second-order valence-electron chi connectivity index (χ2n) is 3.32. The molecule has 16 heavy (non-hydrogen) atoms. The van der Waals surface area contributed by atoms with Crippen molar-refractivity contribution in [2.45, 2.75) is 6.54 Å². The van der Waals surface area contributed by atoms with Gasteiger partial charge in [-0.3, -0.25) is 5.10 Å². The van der Waals surface area contributed by atoms with Gasteiger partial charge in [0.15, 0.2) is 11.6 Å². The van der Waals surface area contributed by atoms with Crippen LogP contribution < -0.4 is 10.5 Å². The number of hydrogen-bond donors (Lipinski definition) is 2. The van der Waals surface area contributed by atoms with Gasteiger partial charge in [-0.15, -0.1) is 0 Å². The lowest BCUT2D eigenvalue weighted by Gasteiger charge is -2.05. The van der Waals surface area contributed by atoms with E-state index in [-0.39, 0.29) is 5.75 Å². The SMILES string of the molecule is COc1ccc(-c2cn[nH]c2CN)cc1F. The Bertz CT molecular complexity index is 496. The van der Waals surface area contributed by atoms with Crippen LogP contribution in [0, 0.1) is 5.82 Å². The number of benzene rings is 1. The normalized spacial score (nSPS) is 10.4. The fraction of sp³-hybridized carbons (Fsp3) is 0.182. The van der Waals surface area contributed by atoms with Crippen molar-refractivity contribution in [3.05, 3.63) is 35.9 Å². The van der Waals surface area contributed by atoms with Gasteiger partial charge in [0, 0.05) is 12.1 Å². The summed E-state index contributed by atoms with van der Waals surface area (Å²) in [5.74, 6) is -0.175. The summed E-state index contributed by atoms with van der Waals surface area (Å²) < 4.78 is 18.3. The summed E-state index contributed by atoms with van der Waals surface area (Å²) in [5, 5.41) is 6.66. The summed E-state index contributed by atoms with van der Waals surface area (Å²) in [4.78, 5) is 0. The first kappa shape index (κ1) is 10.6. The van der Waals surface area contributed by atoms with E-state index >= 15 is 0 Å². The van der Waals surface area contributed by atoms with Gasteiger partial charge in [0.1, 0.15) is 0 Å². The van der Waals surface area contributed by atoms with Crippen molar-refractivity contribution in [2.75, 3.05) is 7.11 Å². The van der Waals surface area contributed by atoms with Crippen LogP contribution in [0.5, 0.6) is 5.75 Å². The molecule has 84 valence electrons. The van der Waals surface area contributed by atoms with E-state index in [2.05, 4.69) is 10.2 Å². The van der Waals surface area contributed by atoms with Crippen LogP contribution in [-0.2, 0) is 6.54 Å². The van der Waals surface area contributed by atoms with E-state index in [9.17, 15) is 4.39 Å². The van der Waals surface area contributed by atoms with Gasteiger partial charge in [0.25, 0.3) is 0 Å². The molecule has 0 radical (unpaired) electrons. The van der Waals surface area contributed by atoms with Crippen LogP contribution in [0.1, 0.15) is 5.69 Å². The summed E-state index contributed by atoms with van der Waals surface area (Å²) in [7, 11) is 1.43. The van der Waals surface area contributed by atoms with E-state index in [1.54, 1.807) is 18.3 Å². The first-order valence-corrected chi connectivity index (χ1v) is 4.82. The molecule has 0 fully saturated rings. The molecule has 2 aromatic rings. The second-order valence-corrected chi connectivity index (χ2v) is 3.32. The Kier molecular flexibility index (Phi) is 2.87. The maximum Gasteiger partial charge on any atom is 0.165 e. The molecule has 4 nitrogen and oxygen atoms in total. The van der Waals surface area contributed by atoms with E-state index in [0.29, 0.717) is 6.54 Å². The summed E-state index contributed by atoms with van der Waals surface area (Å²) in [6.07, 6.45) is 1.63. The van der Waals surface area contributed by atoms with Crippen molar-refractivity contribution in [1.29, 1.82) is 0 Å². The minimum absolute atomic E-state index is 0.224. The third kappa shape index (κ3) is 1.77. The van der Waals surface area contributed by atoms with Crippen LogP contribution in [0.3, 0.4) is 0 Å². The zero-order valence-electron chi connectivity index (χ0n) is 8.83. The van der Waals surface area contributed by atoms with E-state index < -0.39 is 5.82 Å². The Labute approximate surface area is 92.2 Å². The smallest absolute Gasteiger partial charge is 0.165 e. The van der Waals surface area contributed by atoms with Crippen LogP contribution in [0.4, 0.5) is 4.39 Å². The molecule has 0 aliphatic heterocycles. The number of ether oxygens (including phenoxy) is 1. The summed E-state index contributed by atoms with van der Waals surface area (Å²) in [5.41, 5.74) is 7.86. The van der Waals surface area contributed by atoms with Gasteiger partial charge in [-0.25, -0.2) is 4.39 Å². The molecule has 0 spiro atoms. The fourth-order valence-electron chi connectivity index (χ4n) is 1.55. The van der Waals surface area contributed by atoms with Crippen molar-refractivity contribution in [2.24, 2.45) is 5.73 Å². The molecule has 0 aliphatic carbocycles. The molecule has 0 bridgehead atoms. The summed E-state index contributed by atoms with van der Waals surface area (Å²) in [6.45, 7) is 0.336. The maximum absolute atomic E-state index is 13.5. The quantitative estimate of drug-likeness (QED) is 0.828. The average Bonchev–Trinajstić information content (AvgIpc) is 2.77. The third-order valence-electron chi connectivity index (χ3n) is 2.39. The molecule has 0 amide bonds. The number of hydrogen-bond acceptors (Lipinski definition) is 3. The molecule has 1 heterocycles. The lowest BCUT2D eigenvalue weighted by molar-refractivity contribution is 0.386. The standard InChI is InChI=1S/C11H12FN3O/c1-16-11-3-2-7(4-9(11)12)8-6-14-15-10(8)5-13/h2-4,6H,5,13H2,1H3,(H,14,15). The fourth-order valence-corrected chi connectivity index (χ4v) is 1.55. The third-order valence-corrected chi connectivity index (χ3v) is 2.39. The lowest BCUT2D eigenvalue weighted by atomic mass is 10.1. The Hall–Kier alpha value is -1.88. The van der Waals surface area contributed by atoms with Crippen molar-refractivity contribution < 1.29 is 9.13 Å². The predicted molar refractivity (Wildman–Crippen MR) is 58.4 cm³/mol. The van der Waals surface area contributed by atoms with E-state index in [1.807, 2.05) is 0 Å².